The lowest BCUT2D eigenvalue weighted by Crippen LogP contribution is -2.26. The van der Waals surface area contributed by atoms with Gasteiger partial charge in [0.25, 0.3) is 0 Å². The molecule has 0 radical (unpaired) electrons. The van der Waals surface area contributed by atoms with Gasteiger partial charge in [-0.05, 0) is 77.9 Å². The second kappa shape index (κ2) is 11.7. The van der Waals surface area contributed by atoms with Crippen molar-refractivity contribution in [2.45, 2.75) is 26.4 Å². The van der Waals surface area contributed by atoms with Gasteiger partial charge in [0.2, 0.25) is 0 Å². The molecule has 1 N–H and O–H groups in total. The molecule has 0 bridgehead atoms. The van der Waals surface area contributed by atoms with E-state index in [0.717, 1.165) is 15.2 Å². The maximum Gasteiger partial charge on any atom is 0.333 e. The topological polar surface area (TPSA) is 55.8 Å². The number of ether oxygens (including phenoxy) is 2. The first-order valence-electron chi connectivity index (χ1n) is 9.19. The normalized spacial score (nSPS) is 12.1. The van der Waals surface area contributed by atoms with Gasteiger partial charge in [0.1, 0.15) is 24.0 Å². The fraction of sp³-hybridized carbons (Fsp3) is 0.261. The van der Waals surface area contributed by atoms with Crippen molar-refractivity contribution in [1.29, 1.82) is 0 Å². The Hall–Kier alpha value is -2.44. The Labute approximate surface area is 188 Å². The first kappa shape index (κ1) is 23.8. The van der Waals surface area contributed by atoms with Crippen molar-refractivity contribution in [2.75, 3.05) is 13.2 Å². The summed E-state index contributed by atoms with van der Waals surface area (Å²) in [6, 6.07) is 8.59. The summed E-state index contributed by atoms with van der Waals surface area (Å²) in [6.07, 6.45) is 1.16. The minimum Gasteiger partial charge on any atom is -0.488 e. The largest absolute Gasteiger partial charge is 0.488 e. The van der Waals surface area contributed by atoms with Crippen molar-refractivity contribution >= 4 is 28.6 Å². The molecule has 0 amide bonds. The average molecular weight is 526 g/mol. The van der Waals surface area contributed by atoms with Crippen LogP contribution in [-0.4, -0.2) is 30.4 Å². The van der Waals surface area contributed by atoms with Crippen LogP contribution in [0.1, 0.15) is 25.0 Å². The summed E-state index contributed by atoms with van der Waals surface area (Å²) in [5, 5.41) is 9.20. The molecule has 0 saturated heterocycles. The van der Waals surface area contributed by atoms with E-state index in [1.54, 1.807) is 32.1 Å². The first-order chi connectivity index (χ1) is 14.3. The van der Waals surface area contributed by atoms with Gasteiger partial charge in [0.15, 0.2) is 6.10 Å². The van der Waals surface area contributed by atoms with E-state index < -0.39 is 23.7 Å². The van der Waals surface area contributed by atoms with Crippen LogP contribution in [0, 0.1) is 27.0 Å². The van der Waals surface area contributed by atoms with Crippen LogP contribution in [0.3, 0.4) is 0 Å². The Morgan fingerprint density at radius 2 is 1.93 bits per heavy atom. The van der Waals surface area contributed by atoms with E-state index in [-0.39, 0.29) is 18.6 Å². The maximum absolute atomic E-state index is 13.2. The number of aliphatic carboxylic acids is 1. The SMILES string of the molecule is CCOC(Cc1ccc(OCC=C(C)C#Cc2cc(F)cc(F)c2)c(I)c1)C(=O)O. The van der Waals surface area contributed by atoms with E-state index in [0.29, 0.717) is 17.9 Å². The second-order valence-electron chi connectivity index (χ2n) is 6.36. The zero-order valence-corrected chi connectivity index (χ0v) is 18.7. The fourth-order valence-corrected chi connectivity index (χ4v) is 3.26. The van der Waals surface area contributed by atoms with Gasteiger partial charge in [-0.25, -0.2) is 13.6 Å². The number of hydrogen-bond acceptors (Lipinski definition) is 3. The molecule has 2 aromatic carbocycles. The molecule has 1 atom stereocenters. The summed E-state index contributed by atoms with van der Waals surface area (Å²) in [5.41, 5.74) is 1.80. The standard InChI is InChI=1S/C23H21F2IO4/c1-3-29-22(23(27)28)13-17-6-7-21(20(26)12-17)30-9-8-15(2)4-5-16-10-18(24)14-19(25)11-16/h6-8,10-12,14,22H,3,9,13H2,1-2H3,(H,27,28). The van der Waals surface area contributed by atoms with Gasteiger partial charge >= 0.3 is 5.97 Å². The summed E-state index contributed by atoms with van der Waals surface area (Å²) in [7, 11) is 0. The lowest BCUT2D eigenvalue weighted by Gasteiger charge is -2.13. The van der Waals surface area contributed by atoms with E-state index in [1.165, 1.54) is 12.1 Å². The molecule has 158 valence electrons. The highest BCUT2D eigenvalue weighted by Gasteiger charge is 2.18. The number of rotatable bonds is 8. The lowest BCUT2D eigenvalue weighted by atomic mass is 10.1. The molecule has 0 heterocycles. The second-order valence-corrected chi connectivity index (χ2v) is 7.52. The van der Waals surface area contributed by atoms with Crippen LogP contribution in [0.25, 0.3) is 0 Å². The van der Waals surface area contributed by atoms with Crippen molar-refractivity contribution in [3.63, 3.8) is 0 Å². The molecule has 4 nitrogen and oxygen atoms in total. The highest BCUT2D eigenvalue weighted by Crippen LogP contribution is 2.23. The Bertz CT molecular complexity index is 972. The number of carbonyl (C=O) groups is 1. The van der Waals surface area contributed by atoms with E-state index in [2.05, 4.69) is 34.4 Å². The van der Waals surface area contributed by atoms with Gasteiger partial charge in [0.05, 0.1) is 3.57 Å². The first-order valence-corrected chi connectivity index (χ1v) is 10.3. The number of allylic oxidation sites excluding steroid dienone is 1. The highest BCUT2D eigenvalue weighted by molar-refractivity contribution is 14.1. The van der Waals surface area contributed by atoms with Crippen LogP contribution >= 0.6 is 22.6 Å². The van der Waals surface area contributed by atoms with E-state index in [1.807, 2.05) is 6.07 Å². The molecule has 0 saturated carbocycles. The van der Waals surface area contributed by atoms with E-state index in [4.69, 9.17) is 9.47 Å². The van der Waals surface area contributed by atoms with Gasteiger partial charge in [0, 0.05) is 24.7 Å². The predicted molar refractivity (Wildman–Crippen MR) is 118 cm³/mol. The molecule has 30 heavy (non-hydrogen) atoms. The molecule has 0 aliphatic rings. The quantitative estimate of drug-likeness (QED) is 0.390. The van der Waals surface area contributed by atoms with E-state index in [9.17, 15) is 18.7 Å². The van der Waals surface area contributed by atoms with Gasteiger partial charge < -0.3 is 14.6 Å². The van der Waals surface area contributed by atoms with Gasteiger partial charge in [-0.15, -0.1) is 0 Å². The van der Waals surface area contributed by atoms with Gasteiger partial charge in [-0.1, -0.05) is 17.9 Å². The number of carboxylic acid groups (broad SMARTS) is 1. The predicted octanol–water partition coefficient (Wildman–Crippen LogP) is 4.98. The minimum atomic E-state index is -0.991. The Morgan fingerprint density at radius 3 is 2.53 bits per heavy atom. The summed E-state index contributed by atoms with van der Waals surface area (Å²) >= 11 is 2.13. The van der Waals surface area contributed by atoms with Crippen molar-refractivity contribution in [3.8, 4) is 17.6 Å². The Balaban J connectivity index is 1.97. The zero-order chi connectivity index (χ0) is 22.1. The van der Waals surface area contributed by atoms with Crippen molar-refractivity contribution in [2.24, 2.45) is 0 Å². The van der Waals surface area contributed by atoms with Crippen molar-refractivity contribution in [3.05, 3.63) is 74.4 Å². The summed E-state index contributed by atoms with van der Waals surface area (Å²) in [5.74, 6) is 3.88. The van der Waals surface area contributed by atoms with Crippen LogP contribution in [0.4, 0.5) is 8.78 Å². The highest BCUT2D eigenvalue weighted by atomic mass is 127. The molecule has 0 aliphatic heterocycles. The smallest absolute Gasteiger partial charge is 0.333 e. The summed E-state index contributed by atoms with van der Waals surface area (Å²) in [6.45, 7) is 4.13. The molecule has 1 unspecified atom stereocenters. The third kappa shape index (κ3) is 7.76. The van der Waals surface area contributed by atoms with Gasteiger partial charge in [-0.2, -0.15) is 0 Å². The minimum absolute atomic E-state index is 0.262. The average Bonchev–Trinajstić information content (AvgIpc) is 2.67. The number of benzene rings is 2. The van der Waals surface area contributed by atoms with Crippen LogP contribution in [0.15, 0.2) is 48.0 Å². The molecule has 0 fully saturated rings. The van der Waals surface area contributed by atoms with Crippen LogP contribution in [0.5, 0.6) is 5.75 Å². The van der Waals surface area contributed by atoms with Crippen LogP contribution < -0.4 is 4.74 Å². The van der Waals surface area contributed by atoms with Crippen LogP contribution in [0.2, 0.25) is 0 Å². The number of halogens is 3. The molecule has 0 aliphatic carbocycles. The molecule has 0 aromatic heterocycles. The monoisotopic (exact) mass is 526 g/mol. The van der Waals surface area contributed by atoms with Crippen LogP contribution in [-0.2, 0) is 16.0 Å². The molecule has 2 aromatic rings. The Morgan fingerprint density at radius 1 is 1.23 bits per heavy atom. The summed E-state index contributed by atoms with van der Waals surface area (Å²) < 4.78 is 38.2. The molecular formula is C23H21F2IO4. The third-order valence-corrected chi connectivity index (χ3v) is 4.80. The fourth-order valence-electron chi connectivity index (χ4n) is 2.53. The number of carboxylic acids is 1. The Kier molecular flexibility index (Phi) is 9.27. The number of hydrogen-bond donors (Lipinski definition) is 1. The van der Waals surface area contributed by atoms with Crippen molar-refractivity contribution < 1.29 is 28.2 Å². The van der Waals surface area contributed by atoms with Gasteiger partial charge in [-0.3, -0.25) is 0 Å². The van der Waals surface area contributed by atoms with Crippen molar-refractivity contribution in [1.82, 2.24) is 0 Å². The molecule has 7 heteroatoms. The maximum atomic E-state index is 13.2. The lowest BCUT2D eigenvalue weighted by molar-refractivity contribution is -0.149. The zero-order valence-electron chi connectivity index (χ0n) is 16.5. The van der Waals surface area contributed by atoms with E-state index >= 15 is 0 Å². The molecular weight excluding hydrogens is 505 g/mol. The molecule has 0 spiro atoms. The summed E-state index contributed by atoms with van der Waals surface area (Å²) in [4.78, 5) is 11.2. The molecule has 2 rings (SSSR count). The third-order valence-electron chi connectivity index (χ3n) is 3.96.